The third kappa shape index (κ3) is 11.5. The van der Waals surface area contributed by atoms with Gasteiger partial charge in [-0.2, -0.15) is 0 Å². The number of carbonyl (C=O) groups excluding carboxylic acids is 3. The molecule has 0 saturated carbocycles. The third-order valence-electron chi connectivity index (χ3n) is 5.02. The molecule has 3 N–H and O–H groups in total. The van der Waals surface area contributed by atoms with E-state index in [2.05, 4.69) is 5.32 Å². The quantitative estimate of drug-likeness (QED) is 0.152. The van der Waals surface area contributed by atoms with E-state index in [-0.39, 0.29) is 18.2 Å². The van der Waals surface area contributed by atoms with Crippen molar-refractivity contribution in [1.82, 2.24) is 0 Å². The summed E-state index contributed by atoms with van der Waals surface area (Å²) in [5.41, 5.74) is 9.92. The molecule has 4 rings (SSSR count). The lowest BCUT2D eigenvalue weighted by Crippen LogP contribution is -2.13. The Balaban J connectivity index is 0.000000233. The molecule has 0 atom stereocenters. The van der Waals surface area contributed by atoms with Crippen molar-refractivity contribution in [2.75, 3.05) is 11.1 Å². The van der Waals surface area contributed by atoms with Gasteiger partial charge in [-0.05, 0) is 49.2 Å². The zero-order valence-corrected chi connectivity index (χ0v) is 22.2. The molecule has 0 saturated heterocycles. The van der Waals surface area contributed by atoms with E-state index in [1.807, 2.05) is 60.7 Å². The summed E-state index contributed by atoms with van der Waals surface area (Å²) in [6, 6.07) is 33.1. The molecule has 0 unspecified atom stereocenters. The van der Waals surface area contributed by atoms with Gasteiger partial charge in [-0.15, -0.1) is 11.6 Å². The van der Waals surface area contributed by atoms with Crippen LogP contribution in [0, 0.1) is 0 Å². The Kier molecular flexibility index (Phi) is 12.8. The van der Waals surface area contributed by atoms with Crippen LogP contribution in [0.1, 0.15) is 45.7 Å². The van der Waals surface area contributed by atoms with Crippen LogP contribution in [-0.2, 0) is 17.2 Å². The summed E-state index contributed by atoms with van der Waals surface area (Å²) < 4.78 is 5.10. The van der Waals surface area contributed by atoms with E-state index in [0.29, 0.717) is 28.4 Å². The number of anilines is 2. The van der Waals surface area contributed by atoms with Gasteiger partial charge in [0, 0.05) is 28.4 Å². The van der Waals surface area contributed by atoms with Gasteiger partial charge in [0.1, 0.15) is 6.61 Å². The fourth-order valence-corrected chi connectivity index (χ4v) is 3.20. The summed E-state index contributed by atoms with van der Waals surface area (Å²) in [6.07, 6.45) is -0.547. The van der Waals surface area contributed by atoms with E-state index >= 15 is 0 Å². The normalized spacial score (nSPS) is 9.55. The van der Waals surface area contributed by atoms with Crippen LogP contribution in [0.4, 0.5) is 16.2 Å². The maximum atomic E-state index is 11.6. The maximum Gasteiger partial charge on any atom is 0.411 e. The highest BCUT2D eigenvalue weighted by molar-refractivity contribution is 6.17. The molecule has 196 valence electrons. The average molecular weight is 531 g/mol. The molecule has 0 aromatic heterocycles. The van der Waals surface area contributed by atoms with Gasteiger partial charge >= 0.3 is 6.09 Å². The number of Topliss-reactive ketones (excluding diaryl/α,β-unsaturated/α-hetero) is 2. The maximum absolute atomic E-state index is 11.6. The van der Waals surface area contributed by atoms with E-state index in [1.165, 1.54) is 19.4 Å². The number of nitrogens with two attached hydrogens (primary N) is 1. The topological polar surface area (TPSA) is 98.5 Å². The van der Waals surface area contributed by atoms with Gasteiger partial charge in [0.05, 0.1) is 0 Å². The van der Waals surface area contributed by atoms with Gasteiger partial charge in [0.25, 0.3) is 0 Å². The molecule has 4 aromatic carbocycles. The monoisotopic (exact) mass is 530 g/mol. The van der Waals surface area contributed by atoms with Gasteiger partial charge in [-0.3, -0.25) is 14.9 Å². The molecule has 0 heterocycles. The highest BCUT2D eigenvalue weighted by atomic mass is 35.5. The van der Waals surface area contributed by atoms with E-state index < -0.39 is 6.09 Å². The zero-order chi connectivity index (χ0) is 27.8. The summed E-state index contributed by atoms with van der Waals surface area (Å²) in [7, 11) is 0. The number of ether oxygens (including phenoxy) is 1. The number of rotatable bonds is 6. The molecular weight excluding hydrogens is 500 g/mol. The molecule has 6 nitrogen and oxygen atoms in total. The predicted octanol–water partition coefficient (Wildman–Crippen LogP) is 7.53. The van der Waals surface area contributed by atoms with Crippen molar-refractivity contribution < 1.29 is 19.1 Å². The first-order valence-corrected chi connectivity index (χ1v) is 12.4. The number of nitrogens with one attached hydrogen (secondary N) is 1. The van der Waals surface area contributed by atoms with Gasteiger partial charge in [0.2, 0.25) is 0 Å². The Bertz CT molecular complexity index is 1310. The van der Waals surface area contributed by atoms with Gasteiger partial charge in [-0.25, -0.2) is 4.79 Å². The Morgan fingerprint density at radius 1 is 0.711 bits per heavy atom. The van der Waals surface area contributed by atoms with Crippen molar-refractivity contribution in [3.05, 3.63) is 131 Å². The molecule has 0 fully saturated rings. The molecule has 38 heavy (non-hydrogen) atoms. The standard InChI is InChI=1S/C16H15NO3.C8H9NO.C7H7Cl/c1-12(18)14-8-5-9-15(10-14)17-16(19)20-11-13-6-3-2-4-7-13;1-6(10)7-3-2-4-8(9)5-7;8-6-7-4-2-1-3-5-7/h2-10H,11H2,1H3,(H,17,19);2-5H,9H2,1H3;1-5H,6H2. The van der Waals surface area contributed by atoms with E-state index in [0.717, 1.165) is 5.56 Å². The number of benzene rings is 4. The second-order valence-corrected chi connectivity index (χ2v) is 8.39. The number of nitrogen functional groups attached to an aromatic ring is 1. The smallest absolute Gasteiger partial charge is 0.411 e. The number of halogens is 1. The van der Waals surface area contributed by atoms with Gasteiger partial charge in [-0.1, -0.05) is 84.9 Å². The minimum Gasteiger partial charge on any atom is -0.444 e. The van der Waals surface area contributed by atoms with Crippen molar-refractivity contribution in [2.45, 2.75) is 26.3 Å². The lowest BCUT2D eigenvalue weighted by atomic mass is 10.1. The molecule has 0 radical (unpaired) electrons. The first-order valence-electron chi connectivity index (χ1n) is 11.8. The largest absolute Gasteiger partial charge is 0.444 e. The van der Waals surface area contributed by atoms with Crippen LogP contribution in [0.25, 0.3) is 0 Å². The van der Waals surface area contributed by atoms with Crippen LogP contribution in [0.15, 0.2) is 109 Å². The number of hydrogen-bond acceptors (Lipinski definition) is 5. The van der Waals surface area contributed by atoms with Crippen molar-refractivity contribution in [2.24, 2.45) is 0 Å². The first kappa shape index (κ1) is 29.8. The second-order valence-electron chi connectivity index (χ2n) is 8.12. The third-order valence-corrected chi connectivity index (χ3v) is 5.33. The molecule has 0 aliphatic heterocycles. The molecule has 1 amide bonds. The van der Waals surface area contributed by atoms with Gasteiger partial charge in [0.15, 0.2) is 11.6 Å². The molecular formula is C31H31ClN2O4. The van der Waals surface area contributed by atoms with Crippen LogP contribution in [0.2, 0.25) is 0 Å². The highest BCUT2D eigenvalue weighted by Crippen LogP contribution is 2.12. The number of carbonyl (C=O) groups is 3. The SMILES string of the molecule is CC(=O)c1cccc(N)c1.CC(=O)c1cccc(NC(=O)OCc2ccccc2)c1.ClCc1ccccc1. The van der Waals surface area contributed by atoms with Crippen molar-refractivity contribution in [3.8, 4) is 0 Å². The average Bonchev–Trinajstić information content (AvgIpc) is 2.94. The van der Waals surface area contributed by atoms with Gasteiger partial charge < -0.3 is 10.5 Å². The fourth-order valence-electron chi connectivity index (χ4n) is 3.02. The lowest BCUT2D eigenvalue weighted by Gasteiger charge is -2.07. The Labute approximate surface area is 228 Å². The lowest BCUT2D eigenvalue weighted by molar-refractivity contribution is 0.100. The molecule has 7 heteroatoms. The summed E-state index contributed by atoms with van der Waals surface area (Å²) >= 11 is 5.53. The summed E-state index contributed by atoms with van der Waals surface area (Å²) in [6.45, 7) is 3.21. The predicted molar refractivity (Wildman–Crippen MR) is 154 cm³/mol. The number of ketones is 2. The van der Waals surface area contributed by atoms with Crippen molar-refractivity contribution in [3.63, 3.8) is 0 Å². The number of hydrogen-bond donors (Lipinski definition) is 2. The fraction of sp³-hybridized carbons (Fsp3) is 0.129. The summed E-state index contributed by atoms with van der Waals surface area (Å²) in [5, 5.41) is 2.59. The van der Waals surface area contributed by atoms with E-state index in [1.54, 1.807) is 48.5 Å². The van der Waals surface area contributed by atoms with E-state index in [4.69, 9.17) is 22.1 Å². The first-order chi connectivity index (χ1) is 18.3. The van der Waals surface area contributed by atoms with Crippen LogP contribution in [0.3, 0.4) is 0 Å². The minimum absolute atomic E-state index is 0.0484. The Morgan fingerprint density at radius 3 is 1.71 bits per heavy atom. The molecule has 4 aromatic rings. The number of alkyl halides is 1. The highest BCUT2D eigenvalue weighted by Gasteiger charge is 2.06. The van der Waals surface area contributed by atoms with Crippen LogP contribution < -0.4 is 11.1 Å². The summed E-state index contributed by atoms with van der Waals surface area (Å²) in [5.74, 6) is 0.611. The van der Waals surface area contributed by atoms with Crippen LogP contribution in [0.5, 0.6) is 0 Å². The Morgan fingerprint density at radius 2 is 1.24 bits per heavy atom. The zero-order valence-electron chi connectivity index (χ0n) is 21.4. The van der Waals surface area contributed by atoms with E-state index in [9.17, 15) is 14.4 Å². The van der Waals surface area contributed by atoms with Crippen molar-refractivity contribution in [1.29, 1.82) is 0 Å². The summed E-state index contributed by atoms with van der Waals surface area (Å²) in [4.78, 5) is 33.6. The Hall–Kier alpha value is -4.42. The van der Waals surface area contributed by atoms with Crippen LogP contribution >= 0.6 is 11.6 Å². The molecule has 0 bridgehead atoms. The minimum atomic E-state index is -0.547. The molecule has 0 aliphatic carbocycles. The second kappa shape index (κ2) is 16.3. The molecule has 0 spiro atoms. The molecule has 0 aliphatic rings. The number of amides is 1. The van der Waals surface area contributed by atoms with Crippen molar-refractivity contribution >= 4 is 40.6 Å². The van der Waals surface area contributed by atoms with Crippen LogP contribution in [-0.4, -0.2) is 17.7 Å².